The average molecular weight is 211 g/mol. The first kappa shape index (κ1) is 11.8. The van der Waals surface area contributed by atoms with Crippen molar-refractivity contribution >= 4 is 5.91 Å². The number of amides is 1. The summed E-state index contributed by atoms with van der Waals surface area (Å²) in [6, 6.07) is 4.14. The zero-order chi connectivity index (χ0) is 11.3. The fourth-order valence-corrected chi connectivity index (χ4v) is 1.22. The van der Waals surface area contributed by atoms with Crippen LogP contribution in [0.2, 0.25) is 0 Å². The summed E-state index contributed by atoms with van der Waals surface area (Å²) >= 11 is 0. The van der Waals surface area contributed by atoms with Gasteiger partial charge in [0.05, 0.1) is 6.04 Å². The average Bonchev–Trinajstić information content (AvgIpc) is 2.73. The van der Waals surface area contributed by atoms with E-state index in [1.165, 1.54) is 0 Å². The summed E-state index contributed by atoms with van der Waals surface area (Å²) in [6.07, 6.45) is 1.13. The fourth-order valence-electron chi connectivity index (χ4n) is 1.22. The van der Waals surface area contributed by atoms with E-state index in [-0.39, 0.29) is 5.91 Å². The third-order valence-corrected chi connectivity index (χ3v) is 2.48. The van der Waals surface area contributed by atoms with Gasteiger partial charge in [-0.3, -0.25) is 4.79 Å². The number of quaternary nitrogens is 1. The Morgan fingerprint density at radius 2 is 2.33 bits per heavy atom. The Morgan fingerprint density at radius 1 is 1.60 bits per heavy atom. The first-order chi connectivity index (χ1) is 7.17. The van der Waals surface area contributed by atoms with Crippen molar-refractivity contribution in [3.05, 3.63) is 23.7 Å². The predicted octanol–water partition coefficient (Wildman–Crippen LogP) is 0.501. The summed E-state index contributed by atoms with van der Waals surface area (Å²) in [4.78, 5) is 11.2. The van der Waals surface area contributed by atoms with Crippen molar-refractivity contribution in [3.8, 4) is 0 Å². The number of hydrogen-bond donors (Lipinski definition) is 2. The van der Waals surface area contributed by atoms with Gasteiger partial charge in [0.1, 0.15) is 6.54 Å². The van der Waals surface area contributed by atoms with Crippen LogP contribution in [0.5, 0.6) is 0 Å². The Bertz CT molecular complexity index is 320. The van der Waals surface area contributed by atoms with E-state index in [0.717, 1.165) is 18.7 Å². The van der Waals surface area contributed by atoms with Crippen LogP contribution in [0.1, 0.15) is 36.6 Å². The maximum atomic E-state index is 11.2. The fraction of sp³-hybridized carbons (Fsp3) is 0.545. The van der Waals surface area contributed by atoms with Gasteiger partial charge in [-0.05, 0) is 25.5 Å². The molecule has 0 aliphatic rings. The van der Waals surface area contributed by atoms with Gasteiger partial charge < -0.3 is 15.1 Å². The summed E-state index contributed by atoms with van der Waals surface area (Å²) in [5.41, 5.74) is 0. The second kappa shape index (κ2) is 5.56. The maximum absolute atomic E-state index is 11.2. The molecular formula is C11H19N2O2+. The molecule has 0 aliphatic heterocycles. The van der Waals surface area contributed by atoms with Gasteiger partial charge in [0.15, 0.2) is 11.5 Å². The molecule has 0 bridgehead atoms. The molecule has 0 spiro atoms. The molecule has 4 heteroatoms. The number of nitrogens with two attached hydrogens (primary N) is 1. The number of carbonyl (C=O) groups is 1. The van der Waals surface area contributed by atoms with E-state index in [9.17, 15) is 4.79 Å². The van der Waals surface area contributed by atoms with E-state index in [2.05, 4.69) is 24.5 Å². The van der Waals surface area contributed by atoms with E-state index < -0.39 is 0 Å². The van der Waals surface area contributed by atoms with Crippen molar-refractivity contribution in [2.24, 2.45) is 0 Å². The molecule has 1 aromatic heterocycles. The van der Waals surface area contributed by atoms with Gasteiger partial charge in [0.2, 0.25) is 0 Å². The highest BCUT2D eigenvalue weighted by molar-refractivity contribution is 5.91. The normalized spacial score (nSPS) is 12.5. The second-order valence-electron chi connectivity index (χ2n) is 3.67. The third-order valence-electron chi connectivity index (χ3n) is 2.48. The zero-order valence-electron chi connectivity index (χ0n) is 9.54. The van der Waals surface area contributed by atoms with Gasteiger partial charge in [0, 0.05) is 7.05 Å². The van der Waals surface area contributed by atoms with Crippen LogP contribution >= 0.6 is 0 Å². The Hall–Kier alpha value is -1.29. The maximum Gasteiger partial charge on any atom is 0.286 e. The van der Waals surface area contributed by atoms with Crippen LogP contribution < -0.4 is 10.6 Å². The highest BCUT2D eigenvalue weighted by atomic mass is 16.4. The monoisotopic (exact) mass is 211 g/mol. The molecule has 0 saturated heterocycles. The molecule has 0 aliphatic carbocycles. The van der Waals surface area contributed by atoms with Crippen LogP contribution in [0.4, 0.5) is 0 Å². The number of hydrogen-bond acceptors (Lipinski definition) is 2. The quantitative estimate of drug-likeness (QED) is 0.745. The molecule has 1 rings (SSSR count). The van der Waals surface area contributed by atoms with E-state index in [1.807, 2.05) is 6.07 Å². The lowest BCUT2D eigenvalue weighted by Gasteiger charge is -2.05. The van der Waals surface area contributed by atoms with Gasteiger partial charge in [-0.15, -0.1) is 0 Å². The minimum atomic E-state index is -0.176. The van der Waals surface area contributed by atoms with E-state index in [0.29, 0.717) is 11.8 Å². The lowest BCUT2D eigenvalue weighted by atomic mass is 10.2. The summed E-state index contributed by atoms with van der Waals surface area (Å²) in [5, 5.41) is 4.73. The van der Waals surface area contributed by atoms with E-state index in [4.69, 9.17) is 4.42 Å². The van der Waals surface area contributed by atoms with Crippen molar-refractivity contribution in [2.45, 2.75) is 32.9 Å². The number of rotatable bonds is 5. The summed E-state index contributed by atoms with van der Waals surface area (Å²) in [7, 11) is 1.59. The van der Waals surface area contributed by atoms with E-state index >= 15 is 0 Å². The summed E-state index contributed by atoms with van der Waals surface area (Å²) in [5.74, 6) is 1.05. The second-order valence-corrected chi connectivity index (χ2v) is 3.67. The lowest BCUT2D eigenvalue weighted by Crippen LogP contribution is -2.87. The lowest BCUT2D eigenvalue weighted by molar-refractivity contribution is -0.703. The molecule has 84 valence electrons. The summed E-state index contributed by atoms with van der Waals surface area (Å²) < 4.78 is 5.39. The van der Waals surface area contributed by atoms with Crippen LogP contribution in [-0.2, 0) is 6.54 Å². The smallest absolute Gasteiger partial charge is 0.286 e. The molecule has 15 heavy (non-hydrogen) atoms. The van der Waals surface area contributed by atoms with Gasteiger partial charge in [-0.2, -0.15) is 0 Å². The van der Waals surface area contributed by atoms with Crippen molar-refractivity contribution in [1.82, 2.24) is 5.32 Å². The third kappa shape index (κ3) is 3.40. The molecule has 0 unspecified atom stereocenters. The minimum Gasteiger partial charge on any atom is -0.450 e. The van der Waals surface area contributed by atoms with Crippen LogP contribution in [0.25, 0.3) is 0 Å². The van der Waals surface area contributed by atoms with Crippen molar-refractivity contribution in [3.63, 3.8) is 0 Å². The van der Waals surface area contributed by atoms with Crippen molar-refractivity contribution in [1.29, 1.82) is 0 Å². The molecule has 0 fully saturated rings. The molecule has 0 saturated carbocycles. The van der Waals surface area contributed by atoms with Crippen molar-refractivity contribution < 1.29 is 14.5 Å². The first-order valence-corrected chi connectivity index (χ1v) is 5.31. The Balaban J connectivity index is 2.49. The number of carbonyl (C=O) groups excluding carboxylic acids is 1. The van der Waals surface area contributed by atoms with Crippen LogP contribution in [-0.4, -0.2) is 19.0 Å². The van der Waals surface area contributed by atoms with Gasteiger partial charge in [-0.25, -0.2) is 0 Å². The highest BCUT2D eigenvalue weighted by Gasteiger charge is 2.10. The molecule has 3 N–H and O–H groups in total. The molecule has 1 amide bonds. The highest BCUT2D eigenvalue weighted by Crippen LogP contribution is 2.06. The Kier molecular flexibility index (Phi) is 4.37. The SMILES string of the molecule is CC[C@H](C)[NH2+]Cc1ccc(C(=O)NC)o1. The Labute approximate surface area is 90.0 Å². The molecule has 1 atom stereocenters. The molecule has 0 radical (unpaired) electrons. The van der Waals surface area contributed by atoms with E-state index in [1.54, 1.807) is 13.1 Å². The molecule has 0 aromatic carbocycles. The minimum absolute atomic E-state index is 0.176. The summed E-state index contributed by atoms with van der Waals surface area (Å²) in [6.45, 7) is 5.11. The topological polar surface area (TPSA) is 58.9 Å². The van der Waals surface area contributed by atoms with Crippen LogP contribution in [0, 0.1) is 0 Å². The van der Waals surface area contributed by atoms with Crippen LogP contribution in [0.3, 0.4) is 0 Å². The number of furan rings is 1. The first-order valence-electron chi connectivity index (χ1n) is 5.31. The zero-order valence-corrected chi connectivity index (χ0v) is 9.54. The standard InChI is InChI=1S/C11H18N2O2/c1-4-8(2)13-7-9-5-6-10(15-9)11(14)12-3/h5-6,8,13H,4,7H2,1-3H3,(H,12,14)/p+1/t8-/m0/s1. The molecule has 1 aromatic rings. The molecule has 4 nitrogen and oxygen atoms in total. The van der Waals surface area contributed by atoms with Crippen molar-refractivity contribution in [2.75, 3.05) is 7.05 Å². The molecule has 1 heterocycles. The van der Waals surface area contributed by atoms with Gasteiger partial charge in [-0.1, -0.05) is 6.92 Å². The van der Waals surface area contributed by atoms with Gasteiger partial charge in [0.25, 0.3) is 5.91 Å². The van der Waals surface area contributed by atoms with Crippen LogP contribution in [0.15, 0.2) is 16.5 Å². The Morgan fingerprint density at radius 3 is 2.93 bits per heavy atom. The molecular weight excluding hydrogens is 192 g/mol. The largest absolute Gasteiger partial charge is 0.450 e. The number of nitrogens with one attached hydrogen (secondary N) is 1. The predicted molar refractivity (Wildman–Crippen MR) is 57.5 cm³/mol. The van der Waals surface area contributed by atoms with Gasteiger partial charge >= 0.3 is 0 Å².